The number of morpholine rings is 1. The van der Waals surface area contributed by atoms with Crippen LogP contribution in [0.2, 0.25) is 0 Å². The number of aliphatic hydroxyl groups excluding tert-OH is 2. The summed E-state index contributed by atoms with van der Waals surface area (Å²) in [7, 11) is 6.00. The first-order valence-corrected chi connectivity index (χ1v) is 25.6. The quantitative estimate of drug-likeness (QED) is 0.0538. The molecule has 16 nitrogen and oxygen atoms in total. The van der Waals surface area contributed by atoms with Crippen LogP contribution < -0.4 is 27.6 Å². The molecule has 4 aromatic heterocycles. The number of piperidine rings is 1. The first-order chi connectivity index (χ1) is 34.4. The van der Waals surface area contributed by atoms with Gasteiger partial charge in [-0.25, -0.2) is 19.7 Å². The molecule has 4 saturated heterocycles. The monoisotopic (exact) mass is 1080 g/mol. The van der Waals surface area contributed by atoms with Crippen LogP contribution in [0.15, 0.2) is 132 Å². The molecule has 9 atom stereocenters. The normalized spacial score (nSPS) is 24.7. The summed E-state index contributed by atoms with van der Waals surface area (Å²) in [4.78, 5) is 41.2. The predicted molar refractivity (Wildman–Crippen MR) is 267 cm³/mol. The molecule has 2 bridgehead atoms. The molecule has 1 unspecified atom stereocenters. The molecular weight excluding hydrogens is 1020 g/mol. The summed E-state index contributed by atoms with van der Waals surface area (Å²) in [5.74, 6) is 0.114. The lowest BCUT2D eigenvalue weighted by Gasteiger charge is -2.45. The molecule has 4 aliphatic rings. The molecule has 72 heavy (non-hydrogen) atoms. The number of quaternary nitrogens is 1. The van der Waals surface area contributed by atoms with E-state index in [-0.39, 0.29) is 54.5 Å². The molecule has 5 N–H and O–H groups in total. The lowest BCUT2D eigenvalue weighted by atomic mass is 9.91. The first kappa shape index (κ1) is 51.5. The molecule has 0 radical (unpaired) electrons. The highest BCUT2D eigenvalue weighted by molar-refractivity contribution is 7.12. The third-order valence-corrected chi connectivity index (χ3v) is 16.3. The van der Waals surface area contributed by atoms with Gasteiger partial charge in [-0.05, 0) is 39.6 Å². The summed E-state index contributed by atoms with van der Waals surface area (Å²) in [6.45, 7) is 0.692. The molecule has 4 fully saturated rings. The Kier molecular flexibility index (Phi) is 15.7. The molecule has 19 heteroatoms. The van der Waals surface area contributed by atoms with Crippen LogP contribution in [0.3, 0.4) is 0 Å². The molecule has 11 rings (SSSR count). The SMILES string of the molecule is COC[C@H]1O[C@@H](n2cnc3c(NCC(c4ccccc4)c4ccccc4)nc(CNC(=O)Cc4ccccc4)nc32)[C@H](O)[C@@H]1O.C[N+]1(C)[C@@H]2CC(OC(=O)C(O)(c3cccs3)c3cccs3)C[C@H]1[C@@H]1O[C@@H]12.[Br-]. The number of hydrogen-bond acceptors (Lipinski definition) is 15. The standard InChI is InChI=1S/C34H36N6O5.C19H22NO4S2.BrH/c1-44-20-26-30(42)31(43)34(45-26)40-21-37-29-32(36-18-25(23-13-7-3-8-14-23)24-15-9-4-10-16-24)38-27(39-33(29)40)19-35-28(41)17-22-11-5-2-6-12-22;1-20(2)12-9-11(10-13(20)17-16(12)24-17)23-18(21)19(22,14-5-3-7-25-14)15-6-4-8-26-15;/h2-16,21,25-26,30-31,34,42-43H,17-20H2,1H3,(H,35,41)(H,36,38,39);3-8,11-13,16-17,22H,9-10H2,1-2H3;1H/q;+1;/p-1/t26-,30-,31-,34-;11?,12-,13+,16-,17+;/m1../s1. The maximum absolute atomic E-state index is 13.1. The second kappa shape index (κ2) is 21.9. The Labute approximate surface area is 436 Å². The molecule has 0 aliphatic carbocycles. The number of methoxy groups -OCH3 is 1. The van der Waals surface area contributed by atoms with E-state index in [1.54, 1.807) is 16.7 Å². The number of nitrogens with one attached hydrogen (secondary N) is 2. The van der Waals surface area contributed by atoms with Gasteiger partial charge in [-0.15, -0.1) is 22.7 Å². The van der Waals surface area contributed by atoms with E-state index < -0.39 is 36.1 Å². The Morgan fingerprint density at radius 1 is 0.833 bits per heavy atom. The average Bonchev–Trinajstić information content (AvgIpc) is 3.91. The third-order valence-electron chi connectivity index (χ3n) is 14.3. The Morgan fingerprint density at radius 3 is 2.00 bits per heavy atom. The molecule has 4 aliphatic heterocycles. The maximum atomic E-state index is 13.1. The molecule has 8 heterocycles. The van der Waals surface area contributed by atoms with Gasteiger partial charge in [0.25, 0.3) is 0 Å². The van der Waals surface area contributed by atoms with Crippen molar-refractivity contribution in [3.63, 3.8) is 0 Å². The van der Waals surface area contributed by atoms with Gasteiger partial charge in [0, 0.05) is 32.4 Å². The third kappa shape index (κ3) is 10.4. The van der Waals surface area contributed by atoms with Gasteiger partial charge in [0.1, 0.15) is 48.7 Å². The fourth-order valence-corrected chi connectivity index (χ4v) is 12.2. The van der Waals surface area contributed by atoms with E-state index in [4.69, 9.17) is 28.9 Å². The van der Waals surface area contributed by atoms with Crippen molar-refractivity contribution in [3.8, 4) is 0 Å². The number of hydrogen-bond donors (Lipinski definition) is 5. The van der Waals surface area contributed by atoms with Gasteiger partial charge in [0.05, 0.1) is 49.7 Å². The van der Waals surface area contributed by atoms with E-state index in [0.29, 0.717) is 63.4 Å². The van der Waals surface area contributed by atoms with Gasteiger partial charge in [-0.1, -0.05) is 103 Å². The van der Waals surface area contributed by atoms with E-state index >= 15 is 0 Å². The highest BCUT2D eigenvalue weighted by Gasteiger charge is 2.71. The lowest BCUT2D eigenvalue weighted by molar-refractivity contribution is -0.938. The number of epoxide rings is 1. The number of thiophene rings is 2. The minimum Gasteiger partial charge on any atom is -1.00 e. The van der Waals surface area contributed by atoms with Crippen LogP contribution in [0.5, 0.6) is 0 Å². The zero-order valence-corrected chi connectivity index (χ0v) is 43.2. The molecular formula is C53H58BrN7O9S2. The Balaban J connectivity index is 0.000000200. The van der Waals surface area contributed by atoms with Crippen molar-refractivity contribution in [1.29, 1.82) is 0 Å². The number of amides is 1. The fraction of sp³-hybridized carbons (Fsp3) is 0.377. The number of carbonyl (C=O) groups is 2. The second-order valence-corrected chi connectivity index (χ2v) is 20.9. The van der Waals surface area contributed by atoms with Crippen molar-refractivity contribution in [2.24, 2.45) is 0 Å². The molecule has 0 saturated carbocycles. The van der Waals surface area contributed by atoms with Crippen LogP contribution >= 0.6 is 22.7 Å². The van der Waals surface area contributed by atoms with Crippen LogP contribution in [0.4, 0.5) is 5.82 Å². The molecule has 1 amide bonds. The largest absolute Gasteiger partial charge is 1.00 e. The number of carbonyl (C=O) groups excluding carboxylic acids is 2. The minimum atomic E-state index is -1.72. The predicted octanol–water partition coefficient (Wildman–Crippen LogP) is 2.54. The Morgan fingerprint density at radius 2 is 1.43 bits per heavy atom. The number of halogens is 1. The molecule has 3 aromatic carbocycles. The number of likely N-dealkylation sites (N-methyl/N-ethyl adjacent to an activating group) is 1. The van der Waals surface area contributed by atoms with Gasteiger partial charge in [0.15, 0.2) is 29.0 Å². The summed E-state index contributed by atoms with van der Waals surface area (Å²) < 4.78 is 25.4. The zero-order valence-electron chi connectivity index (χ0n) is 39.9. The first-order valence-electron chi connectivity index (χ1n) is 23.8. The summed E-state index contributed by atoms with van der Waals surface area (Å²) in [5, 5.41) is 43.0. The number of fused-ring (bicyclic) bond motifs is 6. The number of ether oxygens (including phenoxy) is 4. The van der Waals surface area contributed by atoms with Crippen LogP contribution in [0.1, 0.15) is 57.3 Å². The van der Waals surface area contributed by atoms with Gasteiger partial charge < -0.3 is 66.4 Å². The maximum Gasteiger partial charge on any atom is 0.349 e. The summed E-state index contributed by atoms with van der Waals surface area (Å²) in [6.07, 6.45) is -0.262. The lowest BCUT2D eigenvalue weighted by Crippen LogP contribution is -3.00. The van der Waals surface area contributed by atoms with E-state index in [2.05, 4.69) is 54.0 Å². The van der Waals surface area contributed by atoms with E-state index in [0.717, 1.165) is 34.0 Å². The number of anilines is 1. The number of aliphatic hydroxyl groups is 3. The number of benzene rings is 3. The second-order valence-electron chi connectivity index (χ2n) is 19.0. The Hall–Kier alpha value is -5.45. The fourth-order valence-electron chi connectivity index (χ4n) is 10.5. The summed E-state index contributed by atoms with van der Waals surface area (Å²) >= 11 is 2.74. The van der Waals surface area contributed by atoms with Crippen molar-refractivity contribution >= 4 is 51.5 Å². The van der Waals surface area contributed by atoms with Crippen LogP contribution in [-0.4, -0.2) is 134 Å². The highest BCUT2D eigenvalue weighted by Crippen LogP contribution is 2.52. The smallest absolute Gasteiger partial charge is 0.349 e. The molecule has 378 valence electrons. The summed E-state index contributed by atoms with van der Waals surface area (Å²) in [5.41, 5.74) is 2.32. The number of rotatable bonds is 16. The van der Waals surface area contributed by atoms with Gasteiger partial charge in [-0.3, -0.25) is 9.36 Å². The van der Waals surface area contributed by atoms with Crippen molar-refractivity contribution in [2.45, 2.75) is 92.3 Å². The number of imidazole rings is 1. The number of esters is 1. The topological polar surface area (TPSA) is 203 Å². The zero-order chi connectivity index (χ0) is 49.3. The van der Waals surface area contributed by atoms with Crippen LogP contribution in [0, 0.1) is 0 Å². The van der Waals surface area contributed by atoms with Gasteiger partial charge in [-0.2, -0.15) is 0 Å². The van der Waals surface area contributed by atoms with Gasteiger partial charge >= 0.3 is 5.97 Å². The molecule has 7 aromatic rings. The molecule has 0 spiro atoms. The highest BCUT2D eigenvalue weighted by atomic mass is 79.9. The van der Waals surface area contributed by atoms with Crippen molar-refractivity contribution in [3.05, 3.63) is 165 Å². The van der Waals surface area contributed by atoms with Crippen molar-refractivity contribution in [1.82, 2.24) is 24.8 Å². The van der Waals surface area contributed by atoms with Gasteiger partial charge in [0.2, 0.25) is 11.5 Å². The van der Waals surface area contributed by atoms with E-state index in [9.17, 15) is 24.9 Å². The van der Waals surface area contributed by atoms with Crippen LogP contribution in [0.25, 0.3) is 11.2 Å². The van der Waals surface area contributed by atoms with Crippen molar-refractivity contribution in [2.75, 3.05) is 39.7 Å². The Bertz CT molecular complexity index is 2810. The van der Waals surface area contributed by atoms with Crippen LogP contribution in [-0.2, 0) is 47.1 Å². The van der Waals surface area contributed by atoms with E-state index in [1.807, 2.05) is 89.6 Å². The summed E-state index contributed by atoms with van der Waals surface area (Å²) in [6, 6.07) is 37.9. The van der Waals surface area contributed by atoms with Crippen molar-refractivity contribution < 1.29 is 65.3 Å². The number of aromatic nitrogens is 4. The number of nitrogens with zero attached hydrogens (tertiary/aromatic N) is 5. The van der Waals surface area contributed by atoms with E-state index in [1.165, 1.54) is 36.1 Å². The minimum absolute atomic E-state index is 0. The average molecular weight is 1080 g/mol.